The molecular formula is C16H12O7. The summed E-state index contributed by atoms with van der Waals surface area (Å²) in [6.07, 6.45) is 2.39. The van der Waals surface area contributed by atoms with E-state index in [1.165, 1.54) is 30.3 Å². The van der Waals surface area contributed by atoms with Gasteiger partial charge in [0, 0.05) is 6.08 Å². The van der Waals surface area contributed by atoms with Crippen LogP contribution in [-0.2, 0) is 4.79 Å². The lowest BCUT2D eigenvalue weighted by Crippen LogP contribution is -2.04. The Kier molecular flexibility index (Phi) is 4.51. The number of carboxylic acid groups (broad SMARTS) is 1. The van der Waals surface area contributed by atoms with E-state index < -0.39 is 17.7 Å². The van der Waals surface area contributed by atoms with E-state index in [0.29, 0.717) is 5.56 Å². The number of benzene rings is 2. The normalized spacial score (nSPS) is 10.6. The van der Waals surface area contributed by atoms with Crippen LogP contribution in [-0.4, -0.2) is 32.4 Å². The van der Waals surface area contributed by atoms with E-state index in [9.17, 15) is 24.9 Å². The number of hydrogen-bond donors (Lipinski definition) is 4. The standard InChI is InChI=1S/C16H12O7/c17-11-4-1-9(7-12(11)18)2-6-15(20)23-14-5-3-10(16(21)22)8-13(14)19/h1-8,17-19H,(H,21,22). The molecule has 0 bridgehead atoms. The van der Waals surface area contributed by atoms with Crippen molar-refractivity contribution in [2.24, 2.45) is 0 Å². The van der Waals surface area contributed by atoms with Crippen LogP contribution in [0, 0.1) is 0 Å². The number of rotatable bonds is 4. The first-order chi connectivity index (χ1) is 10.9. The van der Waals surface area contributed by atoms with Gasteiger partial charge in [-0.15, -0.1) is 0 Å². The van der Waals surface area contributed by atoms with Gasteiger partial charge in [-0.3, -0.25) is 0 Å². The Balaban J connectivity index is 2.08. The van der Waals surface area contributed by atoms with Crippen molar-refractivity contribution >= 4 is 18.0 Å². The molecule has 0 fully saturated rings. The minimum absolute atomic E-state index is 0.141. The molecule has 0 spiro atoms. The molecule has 2 rings (SSSR count). The molecule has 0 amide bonds. The number of hydrogen-bond acceptors (Lipinski definition) is 6. The van der Waals surface area contributed by atoms with Crippen LogP contribution < -0.4 is 4.74 Å². The number of carbonyl (C=O) groups excluding carboxylic acids is 1. The maximum atomic E-state index is 11.7. The lowest BCUT2D eigenvalue weighted by molar-refractivity contribution is -0.129. The minimum atomic E-state index is -1.22. The quantitative estimate of drug-likeness (QED) is 0.295. The summed E-state index contributed by atoms with van der Waals surface area (Å²) in [6.45, 7) is 0. The topological polar surface area (TPSA) is 124 Å². The lowest BCUT2D eigenvalue weighted by atomic mass is 10.2. The largest absolute Gasteiger partial charge is 0.504 e. The number of phenols is 3. The van der Waals surface area contributed by atoms with Crippen LogP contribution in [0.2, 0.25) is 0 Å². The number of aromatic hydroxyl groups is 3. The van der Waals surface area contributed by atoms with Gasteiger partial charge in [-0.25, -0.2) is 9.59 Å². The summed E-state index contributed by atoms with van der Waals surface area (Å²) < 4.78 is 4.88. The molecule has 0 heterocycles. The van der Waals surface area contributed by atoms with Gasteiger partial charge in [0.05, 0.1) is 5.56 Å². The highest BCUT2D eigenvalue weighted by atomic mass is 16.5. The van der Waals surface area contributed by atoms with E-state index in [4.69, 9.17) is 9.84 Å². The van der Waals surface area contributed by atoms with Gasteiger partial charge in [0.15, 0.2) is 23.0 Å². The third kappa shape index (κ3) is 4.01. The molecule has 7 nitrogen and oxygen atoms in total. The van der Waals surface area contributed by atoms with Gasteiger partial charge >= 0.3 is 11.9 Å². The second-order valence-corrected chi connectivity index (χ2v) is 4.49. The predicted molar refractivity (Wildman–Crippen MR) is 79.5 cm³/mol. The average molecular weight is 316 g/mol. The van der Waals surface area contributed by atoms with E-state index in [1.807, 2.05) is 0 Å². The predicted octanol–water partition coefficient (Wildman–Crippen LogP) is 2.12. The molecule has 0 saturated carbocycles. The molecule has 7 heteroatoms. The van der Waals surface area contributed by atoms with Crippen molar-refractivity contribution in [2.75, 3.05) is 0 Å². The zero-order chi connectivity index (χ0) is 17.0. The maximum absolute atomic E-state index is 11.7. The second kappa shape index (κ2) is 6.52. The SMILES string of the molecule is O=C(C=Cc1ccc(O)c(O)c1)Oc1ccc(C(=O)O)cc1O. The number of esters is 1. The molecule has 0 atom stereocenters. The Hall–Kier alpha value is -3.48. The molecule has 0 aromatic heterocycles. The molecular weight excluding hydrogens is 304 g/mol. The summed E-state index contributed by atoms with van der Waals surface area (Å²) in [4.78, 5) is 22.4. The van der Waals surface area contributed by atoms with E-state index in [-0.39, 0.29) is 22.8 Å². The molecule has 2 aromatic carbocycles. The summed E-state index contributed by atoms with van der Waals surface area (Å²) in [5.41, 5.74) is 0.306. The fraction of sp³-hybridized carbons (Fsp3) is 0. The van der Waals surface area contributed by atoms with E-state index in [1.54, 1.807) is 0 Å². The Morgan fingerprint density at radius 2 is 1.65 bits per heavy atom. The van der Waals surface area contributed by atoms with Gasteiger partial charge in [-0.1, -0.05) is 6.07 Å². The molecule has 0 aliphatic carbocycles. The van der Waals surface area contributed by atoms with Gasteiger partial charge < -0.3 is 25.2 Å². The Labute approximate surface area is 130 Å². The summed E-state index contributed by atoms with van der Waals surface area (Å²) in [5, 5.41) is 36.9. The Bertz CT molecular complexity index is 793. The fourth-order valence-corrected chi connectivity index (χ4v) is 1.69. The van der Waals surface area contributed by atoms with E-state index >= 15 is 0 Å². The van der Waals surface area contributed by atoms with E-state index in [2.05, 4.69) is 0 Å². The molecule has 0 aliphatic heterocycles. The first-order valence-corrected chi connectivity index (χ1v) is 6.35. The smallest absolute Gasteiger partial charge is 0.336 e. The van der Waals surface area contributed by atoms with Crippen LogP contribution >= 0.6 is 0 Å². The van der Waals surface area contributed by atoms with Crippen molar-refractivity contribution in [3.8, 4) is 23.0 Å². The molecule has 0 unspecified atom stereocenters. The van der Waals surface area contributed by atoms with Crippen molar-refractivity contribution < 1.29 is 34.8 Å². The van der Waals surface area contributed by atoms with Crippen molar-refractivity contribution in [1.82, 2.24) is 0 Å². The van der Waals surface area contributed by atoms with Crippen molar-refractivity contribution in [3.63, 3.8) is 0 Å². The zero-order valence-electron chi connectivity index (χ0n) is 11.6. The van der Waals surface area contributed by atoms with Crippen LogP contribution in [0.4, 0.5) is 0 Å². The van der Waals surface area contributed by atoms with Gasteiger partial charge in [0.25, 0.3) is 0 Å². The Morgan fingerprint density at radius 1 is 0.913 bits per heavy atom. The lowest BCUT2D eigenvalue weighted by Gasteiger charge is -2.05. The van der Waals surface area contributed by atoms with Gasteiger partial charge in [-0.2, -0.15) is 0 Å². The summed E-state index contributed by atoms with van der Waals surface area (Å²) in [5.74, 6) is -3.30. The molecule has 0 aliphatic rings. The summed E-state index contributed by atoms with van der Waals surface area (Å²) in [6, 6.07) is 7.29. The van der Waals surface area contributed by atoms with Crippen LogP contribution in [0.3, 0.4) is 0 Å². The maximum Gasteiger partial charge on any atom is 0.336 e. The third-order valence-corrected chi connectivity index (χ3v) is 2.83. The highest BCUT2D eigenvalue weighted by molar-refractivity contribution is 5.90. The fourth-order valence-electron chi connectivity index (χ4n) is 1.69. The van der Waals surface area contributed by atoms with E-state index in [0.717, 1.165) is 18.2 Å². The minimum Gasteiger partial charge on any atom is -0.504 e. The summed E-state index contributed by atoms with van der Waals surface area (Å²) in [7, 11) is 0. The molecule has 0 saturated heterocycles. The van der Waals surface area contributed by atoms with Gasteiger partial charge in [0.1, 0.15) is 0 Å². The highest BCUT2D eigenvalue weighted by Crippen LogP contribution is 2.27. The molecule has 2 aromatic rings. The number of aromatic carboxylic acids is 1. The Morgan fingerprint density at radius 3 is 2.26 bits per heavy atom. The highest BCUT2D eigenvalue weighted by Gasteiger charge is 2.10. The molecule has 0 radical (unpaired) electrons. The molecule has 23 heavy (non-hydrogen) atoms. The van der Waals surface area contributed by atoms with Crippen LogP contribution in [0.5, 0.6) is 23.0 Å². The number of carbonyl (C=O) groups is 2. The summed E-state index contributed by atoms with van der Waals surface area (Å²) >= 11 is 0. The van der Waals surface area contributed by atoms with Crippen molar-refractivity contribution in [1.29, 1.82) is 0 Å². The molecule has 4 N–H and O–H groups in total. The average Bonchev–Trinajstić information content (AvgIpc) is 2.50. The van der Waals surface area contributed by atoms with Crippen LogP contribution in [0.25, 0.3) is 6.08 Å². The van der Waals surface area contributed by atoms with Gasteiger partial charge in [-0.05, 0) is 42.0 Å². The number of carboxylic acids is 1. The van der Waals surface area contributed by atoms with Gasteiger partial charge in [0.2, 0.25) is 0 Å². The van der Waals surface area contributed by atoms with Crippen LogP contribution in [0.15, 0.2) is 42.5 Å². The third-order valence-electron chi connectivity index (χ3n) is 2.83. The first-order valence-electron chi connectivity index (χ1n) is 6.35. The number of phenolic OH excluding ortho intramolecular Hbond substituents is 3. The molecule has 118 valence electrons. The number of ether oxygens (including phenoxy) is 1. The monoisotopic (exact) mass is 316 g/mol. The van der Waals surface area contributed by atoms with Crippen molar-refractivity contribution in [3.05, 3.63) is 53.6 Å². The van der Waals surface area contributed by atoms with Crippen molar-refractivity contribution in [2.45, 2.75) is 0 Å². The van der Waals surface area contributed by atoms with Crippen LogP contribution in [0.1, 0.15) is 15.9 Å². The second-order valence-electron chi connectivity index (χ2n) is 4.49. The zero-order valence-corrected chi connectivity index (χ0v) is 11.6. The first kappa shape index (κ1) is 15.9.